The van der Waals surface area contributed by atoms with E-state index in [9.17, 15) is 0 Å². The van der Waals surface area contributed by atoms with Gasteiger partial charge in [0.15, 0.2) is 17.4 Å². The van der Waals surface area contributed by atoms with Crippen LogP contribution in [0.3, 0.4) is 0 Å². The Labute approximate surface area is 28.3 Å². The molecule has 21 valence electrons. The summed E-state index contributed by atoms with van der Waals surface area (Å²) in [6, 6.07) is 0. The number of hydrogen-bond acceptors (Lipinski definition) is 2. The Morgan fingerprint density at radius 3 is 2.25 bits per heavy atom. The van der Waals surface area contributed by atoms with Crippen LogP contribution in [-0.2, 0) is 4.55 Å². The number of thiocyanates is 1. The van der Waals surface area contributed by atoms with E-state index >= 15 is 0 Å². The molecule has 0 rings (SSSR count). The van der Waals surface area contributed by atoms with Gasteiger partial charge in [-0.1, -0.05) is 0 Å². The monoisotopic (exact) mass is 74.0 g/mol. The van der Waals surface area contributed by atoms with Gasteiger partial charge in [-0.3, -0.25) is 0 Å². The van der Waals surface area contributed by atoms with Gasteiger partial charge in [0.2, 0.25) is 0 Å². The summed E-state index contributed by atoms with van der Waals surface area (Å²) in [6.45, 7) is 0. The molecule has 0 saturated carbocycles. The van der Waals surface area contributed by atoms with E-state index < -0.39 is 0 Å². The molecule has 3 heteroatoms. The highest BCUT2D eigenvalue weighted by molar-refractivity contribution is 7.98. The van der Waals surface area contributed by atoms with Gasteiger partial charge < -0.3 is 0 Å². The highest BCUT2D eigenvalue weighted by Gasteiger charge is 1.57. The zero-order chi connectivity index (χ0) is 3.41. The van der Waals surface area contributed by atoms with E-state index in [-0.39, 0.29) is 12.0 Å². The van der Waals surface area contributed by atoms with Crippen molar-refractivity contribution in [1.82, 2.24) is 0 Å². The molecule has 2 nitrogen and oxygen atoms in total. The maximum absolute atomic E-state index is 8.85. The van der Waals surface area contributed by atoms with Gasteiger partial charge in [0.25, 0.3) is 0 Å². The molecule has 4 heavy (non-hydrogen) atoms. The standard InChI is InChI=1S/CNOS/c2-1-4-3. The second-order valence-corrected chi connectivity index (χ2v) is 0.524. The Hall–Kier alpha value is -0.200. The summed E-state index contributed by atoms with van der Waals surface area (Å²) in [5.74, 6) is 0. The van der Waals surface area contributed by atoms with Crippen LogP contribution in [0.5, 0.6) is 0 Å². The minimum Gasteiger partial charge on any atom is -0.183 e. The van der Waals surface area contributed by atoms with Crippen molar-refractivity contribution in [3.63, 3.8) is 0 Å². The number of nitriles is 1. The van der Waals surface area contributed by atoms with Gasteiger partial charge in [-0.15, -0.1) is 4.55 Å². The molecule has 0 saturated heterocycles. The van der Waals surface area contributed by atoms with Crippen molar-refractivity contribution in [2.24, 2.45) is 0 Å². The van der Waals surface area contributed by atoms with E-state index in [1.165, 1.54) is 5.40 Å². The summed E-state index contributed by atoms with van der Waals surface area (Å²) in [7, 11) is 0. The molecule has 0 fully saturated rings. The number of rotatable bonds is 0. The lowest BCUT2D eigenvalue weighted by atomic mass is 11.8. The van der Waals surface area contributed by atoms with Crippen LogP contribution in [0.2, 0.25) is 0 Å². The molecule has 0 heterocycles. The molecule has 0 aliphatic rings. The molecular formula is CNOS. The van der Waals surface area contributed by atoms with Crippen LogP contribution in [0.4, 0.5) is 0 Å². The first-order valence-corrected chi connectivity index (χ1v) is 1.34. The molecule has 0 unspecified atom stereocenters. The predicted octanol–water partition coefficient (Wildman–Crippen LogP) is 0.546. The normalized spacial score (nSPS) is 5.00. The van der Waals surface area contributed by atoms with Crippen molar-refractivity contribution in [1.29, 1.82) is 5.26 Å². The van der Waals surface area contributed by atoms with Crippen LogP contribution in [0.15, 0.2) is 0 Å². The molecule has 0 atom stereocenters. The summed E-state index contributed by atoms with van der Waals surface area (Å²) >= 11 is -0.0880. The summed E-state index contributed by atoms with van der Waals surface area (Å²) in [6.07, 6.45) is 0. The predicted molar refractivity (Wildman–Crippen MR) is 13.9 cm³/mol. The first kappa shape index (κ1) is 3.80. The maximum atomic E-state index is 8.85. The van der Waals surface area contributed by atoms with Crippen LogP contribution >= 0.6 is 12.0 Å². The molecule has 0 aliphatic carbocycles. The van der Waals surface area contributed by atoms with Crippen molar-refractivity contribution < 1.29 is 4.55 Å². The van der Waals surface area contributed by atoms with Crippen LogP contribution in [-0.4, -0.2) is 0 Å². The molecule has 0 amide bonds. The largest absolute Gasteiger partial charge is 0.183 e. The summed E-state index contributed by atoms with van der Waals surface area (Å²) in [5, 5.41) is 8.57. The molecular weight excluding hydrogens is 74.1 g/mol. The Bertz CT molecular complexity index is 37.8. The molecule has 0 aromatic heterocycles. The lowest BCUT2D eigenvalue weighted by Gasteiger charge is -1.40. The topological polar surface area (TPSA) is 43.7 Å². The molecule has 0 N–H and O–H groups in total. The van der Waals surface area contributed by atoms with E-state index in [0.29, 0.717) is 0 Å². The second-order valence-electron chi connectivity index (χ2n) is 0.175. The van der Waals surface area contributed by atoms with Crippen molar-refractivity contribution in [3.8, 4) is 5.40 Å². The van der Waals surface area contributed by atoms with E-state index in [1.807, 2.05) is 0 Å². The third-order valence-electron chi connectivity index (χ3n) is 0.0373. The van der Waals surface area contributed by atoms with Gasteiger partial charge in [0, 0.05) is 0 Å². The Balaban J connectivity index is 2.43. The quantitative estimate of drug-likeness (QED) is 0.311. The maximum Gasteiger partial charge on any atom is 0.166 e. The van der Waals surface area contributed by atoms with Gasteiger partial charge in [-0.05, 0) is 0 Å². The Morgan fingerprint density at radius 2 is 2.25 bits per heavy atom. The minimum atomic E-state index is -0.0880. The van der Waals surface area contributed by atoms with Crippen molar-refractivity contribution in [2.75, 3.05) is 0 Å². The van der Waals surface area contributed by atoms with Gasteiger partial charge >= 0.3 is 0 Å². The van der Waals surface area contributed by atoms with Crippen LogP contribution in [0.1, 0.15) is 0 Å². The third-order valence-corrected chi connectivity index (χ3v) is 0.112. The zero-order valence-corrected chi connectivity index (χ0v) is 2.58. The third kappa shape index (κ3) is 1.80. The van der Waals surface area contributed by atoms with E-state index in [0.717, 1.165) is 0 Å². The lowest BCUT2D eigenvalue weighted by Crippen LogP contribution is -1.25. The SMILES string of the molecule is N#CS[O]. The summed E-state index contributed by atoms with van der Waals surface area (Å²) in [4.78, 5) is 0. The number of hydrogen-bond donors (Lipinski definition) is 0. The highest BCUT2D eigenvalue weighted by Crippen LogP contribution is 1.79. The minimum absolute atomic E-state index is 0.0880. The van der Waals surface area contributed by atoms with E-state index in [4.69, 9.17) is 9.81 Å². The molecule has 1 radical (unpaired) electrons. The second kappa shape index (κ2) is 2.80. The molecule has 0 aliphatic heterocycles. The fourth-order valence-corrected chi connectivity index (χ4v) is 0. The van der Waals surface area contributed by atoms with Crippen LogP contribution < -0.4 is 0 Å². The van der Waals surface area contributed by atoms with Gasteiger partial charge in [-0.2, -0.15) is 5.26 Å². The van der Waals surface area contributed by atoms with Crippen LogP contribution in [0.25, 0.3) is 0 Å². The summed E-state index contributed by atoms with van der Waals surface area (Å²) < 4.78 is 8.85. The Kier molecular flexibility index (Phi) is 2.66. The van der Waals surface area contributed by atoms with Crippen molar-refractivity contribution >= 4 is 12.0 Å². The lowest BCUT2D eigenvalue weighted by molar-refractivity contribution is 0.538. The van der Waals surface area contributed by atoms with E-state index in [1.54, 1.807) is 0 Å². The van der Waals surface area contributed by atoms with Gasteiger partial charge in [0.1, 0.15) is 0 Å². The molecule has 0 spiro atoms. The van der Waals surface area contributed by atoms with Gasteiger partial charge in [-0.25, -0.2) is 0 Å². The average molecular weight is 74.1 g/mol. The fourth-order valence-electron chi connectivity index (χ4n) is 0. The van der Waals surface area contributed by atoms with E-state index in [2.05, 4.69) is 0 Å². The summed E-state index contributed by atoms with van der Waals surface area (Å²) in [5.41, 5.74) is 0. The molecule has 0 aromatic rings. The fraction of sp³-hybridized carbons (Fsp3) is 0. The average Bonchev–Trinajstić information content (AvgIpc) is 1.37. The smallest absolute Gasteiger partial charge is 0.166 e. The highest BCUT2D eigenvalue weighted by atomic mass is 32.2. The van der Waals surface area contributed by atoms with Crippen LogP contribution in [0, 0.1) is 10.7 Å². The number of nitrogens with zero attached hydrogens (tertiary/aromatic N) is 1. The van der Waals surface area contributed by atoms with Crippen molar-refractivity contribution in [2.45, 2.75) is 0 Å². The zero-order valence-electron chi connectivity index (χ0n) is 1.76. The first-order valence-electron chi connectivity index (χ1n) is 0.594. The Morgan fingerprint density at radius 1 is 2.00 bits per heavy atom. The van der Waals surface area contributed by atoms with Gasteiger partial charge in [0.05, 0.1) is 0 Å². The first-order chi connectivity index (χ1) is 1.91. The molecule has 0 bridgehead atoms. The van der Waals surface area contributed by atoms with Crippen molar-refractivity contribution in [3.05, 3.63) is 0 Å². The molecule has 0 aromatic carbocycles.